The van der Waals surface area contributed by atoms with Gasteiger partial charge in [-0.2, -0.15) is 13.5 Å². The van der Waals surface area contributed by atoms with Gasteiger partial charge >= 0.3 is 0 Å². The SMILES string of the molecule is O=S1(=O)N=C(N/N=C/C2=Cc3ccccc3OC2)c2ccccc21. The molecule has 2 aromatic carbocycles. The molecule has 0 saturated heterocycles. The van der Waals surface area contributed by atoms with Crippen molar-refractivity contribution in [1.82, 2.24) is 5.43 Å². The van der Waals surface area contributed by atoms with E-state index in [2.05, 4.69) is 14.9 Å². The van der Waals surface area contributed by atoms with Gasteiger partial charge < -0.3 is 4.74 Å². The molecule has 120 valence electrons. The minimum Gasteiger partial charge on any atom is -0.488 e. The molecule has 0 bridgehead atoms. The van der Waals surface area contributed by atoms with Crippen LogP contribution < -0.4 is 10.2 Å². The molecule has 0 fully saturated rings. The second-order valence-electron chi connectivity index (χ2n) is 5.33. The second-order valence-corrected chi connectivity index (χ2v) is 6.90. The summed E-state index contributed by atoms with van der Waals surface area (Å²) in [4.78, 5) is 0.192. The number of nitrogens with one attached hydrogen (secondary N) is 1. The summed E-state index contributed by atoms with van der Waals surface area (Å²) in [7, 11) is -3.64. The van der Waals surface area contributed by atoms with Crippen molar-refractivity contribution >= 4 is 28.1 Å². The van der Waals surface area contributed by atoms with E-state index in [1.165, 1.54) is 6.07 Å². The first kappa shape index (κ1) is 14.6. The van der Waals surface area contributed by atoms with Crippen LogP contribution in [0.25, 0.3) is 6.08 Å². The van der Waals surface area contributed by atoms with Crippen LogP contribution in [-0.2, 0) is 10.0 Å². The molecule has 7 heteroatoms. The Kier molecular flexibility index (Phi) is 3.42. The number of benzene rings is 2. The molecule has 0 atom stereocenters. The summed E-state index contributed by atoms with van der Waals surface area (Å²) in [5.74, 6) is 1.06. The molecule has 6 nitrogen and oxygen atoms in total. The Morgan fingerprint density at radius 3 is 2.83 bits per heavy atom. The number of hydrogen-bond acceptors (Lipinski definition) is 5. The lowest BCUT2D eigenvalue weighted by Crippen LogP contribution is -2.18. The molecule has 0 saturated carbocycles. The van der Waals surface area contributed by atoms with Crippen molar-refractivity contribution in [1.29, 1.82) is 0 Å². The van der Waals surface area contributed by atoms with E-state index in [1.807, 2.05) is 30.3 Å². The Balaban J connectivity index is 1.55. The highest BCUT2D eigenvalue weighted by Crippen LogP contribution is 2.26. The highest BCUT2D eigenvalue weighted by atomic mass is 32.2. The van der Waals surface area contributed by atoms with Gasteiger partial charge in [0.05, 0.1) is 6.21 Å². The van der Waals surface area contributed by atoms with Crippen LogP contribution in [-0.4, -0.2) is 27.1 Å². The second kappa shape index (κ2) is 5.61. The van der Waals surface area contributed by atoms with Gasteiger partial charge in [-0.25, -0.2) is 0 Å². The molecule has 0 unspecified atom stereocenters. The van der Waals surface area contributed by atoms with Crippen molar-refractivity contribution in [3.63, 3.8) is 0 Å². The predicted octanol–water partition coefficient (Wildman–Crippen LogP) is 2.19. The summed E-state index contributed by atoms with van der Waals surface area (Å²) in [5, 5.41) is 4.10. The molecule has 24 heavy (non-hydrogen) atoms. The number of rotatable bonds is 2. The standard InChI is InChI=1S/C17H13N3O3S/c21-24(22)16-8-4-2-6-14(16)17(20-24)19-18-10-12-9-13-5-1-3-7-15(13)23-11-12/h1-10H,11H2,(H,19,20)/b18-10+. The number of sulfonamides is 1. The van der Waals surface area contributed by atoms with Crippen molar-refractivity contribution in [3.05, 3.63) is 65.2 Å². The number of nitrogens with zero attached hydrogens (tertiary/aromatic N) is 2. The molecule has 2 aliphatic heterocycles. The molecule has 2 aliphatic rings. The fraction of sp³-hybridized carbons (Fsp3) is 0.0588. The third-order valence-electron chi connectivity index (χ3n) is 3.69. The number of fused-ring (bicyclic) bond motifs is 2. The normalized spacial score (nSPS) is 17.5. The van der Waals surface area contributed by atoms with Crippen LogP contribution in [0.3, 0.4) is 0 Å². The van der Waals surface area contributed by atoms with E-state index in [0.29, 0.717) is 12.2 Å². The number of para-hydroxylation sites is 1. The molecule has 1 N–H and O–H groups in total. The van der Waals surface area contributed by atoms with E-state index in [-0.39, 0.29) is 10.7 Å². The average Bonchev–Trinajstić information content (AvgIpc) is 2.86. The largest absolute Gasteiger partial charge is 0.488 e. The van der Waals surface area contributed by atoms with Gasteiger partial charge in [0.25, 0.3) is 10.0 Å². The van der Waals surface area contributed by atoms with Crippen LogP contribution >= 0.6 is 0 Å². The summed E-state index contributed by atoms with van der Waals surface area (Å²) < 4.78 is 33.3. The van der Waals surface area contributed by atoms with Crippen molar-refractivity contribution in [2.75, 3.05) is 6.61 Å². The summed E-state index contributed by atoms with van der Waals surface area (Å²) >= 11 is 0. The first-order valence-electron chi connectivity index (χ1n) is 7.29. The highest BCUT2D eigenvalue weighted by Gasteiger charge is 2.28. The third kappa shape index (κ3) is 2.59. The zero-order valence-electron chi connectivity index (χ0n) is 12.5. The van der Waals surface area contributed by atoms with Gasteiger partial charge in [-0.1, -0.05) is 30.3 Å². The lowest BCUT2D eigenvalue weighted by molar-refractivity contribution is 0.353. The van der Waals surface area contributed by atoms with Gasteiger partial charge in [0.1, 0.15) is 17.3 Å². The van der Waals surface area contributed by atoms with Gasteiger partial charge in [0.15, 0.2) is 5.84 Å². The van der Waals surface area contributed by atoms with E-state index in [4.69, 9.17) is 4.74 Å². The molecule has 0 radical (unpaired) electrons. The van der Waals surface area contributed by atoms with Gasteiger partial charge in [-0.05, 0) is 24.3 Å². The molecule has 4 rings (SSSR count). The minimum atomic E-state index is -3.64. The summed E-state index contributed by atoms with van der Waals surface area (Å²) in [6, 6.07) is 14.4. The number of ether oxygens (including phenoxy) is 1. The maximum Gasteiger partial charge on any atom is 0.285 e. The van der Waals surface area contributed by atoms with Gasteiger partial charge in [-0.15, -0.1) is 4.40 Å². The monoisotopic (exact) mass is 339 g/mol. The van der Waals surface area contributed by atoms with Crippen LogP contribution in [0.1, 0.15) is 11.1 Å². The number of hydrazone groups is 1. The predicted molar refractivity (Wildman–Crippen MR) is 91.7 cm³/mol. The highest BCUT2D eigenvalue weighted by molar-refractivity contribution is 7.90. The van der Waals surface area contributed by atoms with E-state index in [1.54, 1.807) is 24.4 Å². The van der Waals surface area contributed by atoms with Crippen LogP contribution in [0.4, 0.5) is 0 Å². The third-order valence-corrected chi connectivity index (χ3v) is 5.02. The Morgan fingerprint density at radius 2 is 1.92 bits per heavy atom. The Morgan fingerprint density at radius 1 is 1.12 bits per heavy atom. The van der Waals surface area contributed by atoms with Crippen LogP contribution in [0.15, 0.2) is 68.5 Å². The van der Waals surface area contributed by atoms with Crippen molar-refractivity contribution < 1.29 is 13.2 Å². The van der Waals surface area contributed by atoms with Crippen LogP contribution in [0, 0.1) is 0 Å². The van der Waals surface area contributed by atoms with Gasteiger partial charge in [0, 0.05) is 16.7 Å². The van der Waals surface area contributed by atoms with Crippen molar-refractivity contribution in [3.8, 4) is 5.75 Å². The van der Waals surface area contributed by atoms with Crippen LogP contribution in [0.2, 0.25) is 0 Å². The van der Waals surface area contributed by atoms with E-state index >= 15 is 0 Å². The molecule has 0 amide bonds. The molecule has 2 aromatic rings. The maximum atomic E-state index is 12.0. The number of amidine groups is 1. The average molecular weight is 339 g/mol. The quantitative estimate of drug-likeness (QED) is 0.672. The van der Waals surface area contributed by atoms with Gasteiger partial charge in [-0.3, -0.25) is 5.43 Å². The zero-order chi connectivity index (χ0) is 16.6. The van der Waals surface area contributed by atoms with Crippen molar-refractivity contribution in [2.24, 2.45) is 9.50 Å². The first-order valence-corrected chi connectivity index (χ1v) is 8.73. The molecule has 0 aromatic heterocycles. The molecular weight excluding hydrogens is 326 g/mol. The van der Waals surface area contributed by atoms with E-state index in [0.717, 1.165) is 16.9 Å². The minimum absolute atomic E-state index is 0.192. The Hall–Kier alpha value is -2.93. The number of hydrogen-bond donors (Lipinski definition) is 1. The lowest BCUT2D eigenvalue weighted by atomic mass is 10.1. The summed E-state index contributed by atoms with van der Waals surface area (Å²) in [6.07, 6.45) is 3.58. The van der Waals surface area contributed by atoms with Gasteiger partial charge in [0.2, 0.25) is 0 Å². The summed E-state index contributed by atoms with van der Waals surface area (Å²) in [5.41, 5.74) is 5.08. The van der Waals surface area contributed by atoms with E-state index in [9.17, 15) is 8.42 Å². The Labute approximate surface area is 139 Å². The smallest absolute Gasteiger partial charge is 0.285 e. The topological polar surface area (TPSA) is 80.1 Å². The van der Waals surface area contributed by atoms with Crippen LogP contribution in [0.5, 0.6) is 5.75 Å². The maximum absolute atomic E-state index is 12.0. The van der Waals surface area contributed by atoms with Crippen molar-refractivity contribution in [2.45, 2.75) is 4.90 Å². The molecule has 2 heterocycles. The summed E-state index contributed by atoms with van der Waals surface area (Å²) in [6.45, 7) is 0.406. The fourth-order valence-electron chi connectivity index (χ4n) is 2.57. The lowest BCUT2D eigenvalue weighted by Gasteiger charge is -2.15. The van der Waals surface area contributed by atoms with E-state index < -0.39 is 10.0 Å². The molecule has 0 spiro atoms. The fourth-order valence-corrected chi connectivity index (χ4v) is 3.74. The zero-order valence-corrected chi connectivity index (χ0v) is 13.3. The Bertz CT molecular complexity index is 1010. The molecular formula is C17H13N3O3S. The first-order chi connectivity index (χ1) is 11.6. The molecule has 0 aliphatic carbocycles.